The number of nitrogens with zero attached hydrogens (tertiary/aromatic N) is 3. The number of anilines is 3. The van der Waals surface area contributed by atoms with Crippen molar-refractivity contribution in [2.24, 2.45) is 0 Å². The summed E-state index contributed by atoms with van der Waals surface area (Å²) in [5.41, 5.74) is 29.9. The Morgan fingerprint density at radius 2 is 0.736 bits per heavy atom. The van der Waals surface area contributed by atoms with E-state index in [1.807, 2.05) is 0 Å². The van der Waals surface area contributed by atoms with E-state index < -0.39 is 10.8 Å². The van der Waals surface area contributed by atoms with Crippen LogP contribution in [0.3, 0.4) is 0 Å². The lowest BCUT2D eigenvalue weighted by Crippen LogP contribution is -2.33. The van der Waals surface area contributed by atoms with Gasteiger partial charge in [-0.15, -0.1) is 0 Å². The molecule has 3 heterocycles. The van der Waals surface area contributed by atoms with Gasteiger partial charge in [-0.05, 0) is 156 Å². The topological polar surface area (TPSA) is 13.1 Å². The Hall–Kier alpha value is -11.3. The molecule has 3 nitrogen and oxygen atoms in total. The van der Waals surface area contributed by atoms with Crippen LogP contribution in [0.25, 0.3) is 110 Å². The highest BCUT2D eigenvalue weighted by Gasteiger charge is 2.54. The molecule has 1 atom stereocenters. The molecule has 0 saturated heterocycles. The summed E-state index contributed by atoms with van der Waals surface area (Å²) in [7, 11) is 0. The molecule has 0 saturated carbocycles. The van der Waals surface area contributed by atoms with Gasteiger partial charge in [0.05, 0.1) is 50.0 Å². The van der Waals surface area contributed by atoms with Crippen molar-refractivity contribution in [1.29, 1.82) is 0 Å². The van der Waals surface area contributed by atoms with E-state index in [2.05, 4.69) is 323 Å². The molecule has 402 valence electrons. The molecule has 2 aromatic heterocycles. The zero-order valence-corrected chi connectivity index (χ0v) is 47.3. The van der Waals surface area contributed by atoms with E-state index in [9.17, 15) is 0 Å². The molecule has 4 aliphatic rings. The first kappa shape index (κ1) is 47.1. The zero-order chi connectivity index (χ0) is 56.7. The lowest BCUT2D eigenvalue weighted by molar-refractivity contribution is 0.748. The van der Waals surface area contributed by atoms with Gasteiger partial charge in [0.15, 0.2) is 0 Å². The molecule has 0 radical (unpaired) electrons. The number of hydrogen-bond donors (Lipinski definition) is 0. The van der Waals surface area contributed by atoms with Crippen LogP contribution in [0.2, 0.25) is 0 Å². The second-order valence-electron chi connectivity index (χ2n) is 24.1. The summed E-state index contributed by atoms with van der Waals surface area (Å²) in [5.74, 6) is 0. The van der Waals surface area contributed by atoms with Crippen LogP contribution in [0.4, 0.5) is 17.1 Å². The summed E-state index contributed by atoms with van der Waals surface area (Å²) in [6, 6.07) is 117. The fourth-order valence-electron chi connectivity index (χ4n) is 17.1. The minimum absolute atomic E-state index is 0.562. The minimum atomic E-state index is -0.636. The van der Waals surface area contributed by atoms with E-state index in [0.717, 1.165) is 28.3 Å². The molecule has 0 bridgehead atoms. The normalized spacial score (nSPS) is 15.0. The molecular weight excluding hydrogens is 1050 g/mol. The maximum atomic E-state index is 2.63. The predicted octanol–water partition coefficient (Wildman–Crippen LogP) is 21.2. The van der Waals surface area contributed by atoms with Gasteiger partial charge in [0.25, 0.3) is 0 Å². The van der Waals surface area contributed by atoms with Gasteiger partial charge in [-0.2, -0.15) is 0 Å². The third-order valence-corrected chi connectivity index (χ3v) is 20.3. The number of fused-ring (bicyclic) bond motifs is 27. The fourth-order valence-corrected chi connectivity index (χ4v) is 17.1. The molecule has 3 heteroatoms. The molecule has 1 aliphatic heterocycles. The quantitative estimate of drug-likeness (QED) is 0.167. The first-order chi connectivity index (χ1) is 43.2. The molecular formula is C84H51N3. The minimum Gasteiger partial charge on any atom is -0.309 e. The highest BCUT2D eigenvalue weighted by molar-refractivity contribution is 6.16. The molecule has 20 rings (SSSR count). The molecule has 0 amide bonds. The second-order valence-corrected chi connectivity index (χ2v) is 24.1. The Kier molecular flexibility index (Phi) is 9.32. The molecule has 0 N–H and O–H groups in total. The number of benzene rings is 14. The lowest BCUT2D eigenvalue weighted by Gasteiger charge is -2.39. The largest absolute Gasteiger partial charge is 0.309 e. The van der Waals surface area contributed by atoms with Crippen molar-refractivity contribution in [1.82, 2.24) is 9.13 Å². The smallest absolute Gasteiger partial charge is 0.0755 e. The van der Waals surface area contributed by atoms with E-state index in [-0.39, 0.29) is 0 Å². The van der Waals surface area contributed by atoms with Gasteiger partial charge in [0.2, 0.25) is 0 Å². The number of aromatic nitrogens is 2. The van der Waals surface area contributed by atoms with Crippen LogP contribution in [-0.2, 0) is 10.8 Å². The van der Waals surface area contributed by atoms with E-state index in [0.29, 0.717) is 0 Å². The molecule has 2 spiro atoms. The number of rotatable bonds is 5. The molecule has 16 aromatic rings. The third-order valence-electron chi connectivity index (χ3n) is 20.3. The van der Waals surface area contributed by atoms with Crippen molar-refractivity contribution in [3.05, 3.63) is 354 Å². The molecule has 14 aromatic carbocycles. The van der Waals surface area contributed by atoms with Gasteiger partial charge < -0.3 is 14.0 Å². The monoisotopic (exact) mass is 1100 g/mol. The standard InChI is InChI=1S/C84H51N3/c1-2-22-54(23-3-1)85-74-40-17-11-28-60(74)65-50-53(46-49-76(65)85)52-44-47-55(48-45-52)86(79-51-73-80(61-29-5-4-26-58(61)79)63-30-8-14-35-68(63)83(73)66-33-12-6-24-56(66)57-25-7-13-34-67(57)83)78-43-21-38-71-81(78)64-31-9-15-36-69(64)84(71)70-37-16-19-42-77(70)87-75-41-18-10-27-59(75)62-32-20-39-72(84)82(62)87/h1-51H. The van der Waals surface area contributed by atoms with Crippen molar-refractivity contribution in [3.63, 3.8) is 0 Å². The number of para-hydroxylation sites is 5. The van der Waals surface area contributed by atoms with Crippen molar-refractivity contribution in [3.8, 4) is 55.9 Å². The molecule has 3 aliphatic carbocycles. The van der Waals surface area contributed by atoms with Crippen LogP contribution in [0.1, 0.15) is 44.5 Å². The van der Waals surface area contributed by atoms with Gasteiger partial charge in [-0.1, -0.05) is 243 Å². The predicted molar refractivity (Wildman–Crippen MR) is 360 cm³/mol. The van der Waals surface area contributed by atoms with Gasteiger partial charge in [-0.25, -0.2) is 0 Å². The molecule has 0 fully saturated rings. The first-order valence-electron chi connectivity index (χ1n) is 30.4. The summed E-state index contributed by atoms with van der Waals surface area (Å²) in [5, 5.41) is 7.46. The van der Waals surface area contributed by atoms with E-state index in [1.54, 1.807) is 0 Å². The van der Waals surface area contributed by atoms with Crippen LogP contribution >= 0.6 is 0 Å². The average molecular weight is 1100 g/mol. The van der Waals surface area contributed by atoms with Gasteiger partial charge >= 0.3 is 0 Å². The maximum Gasteiger partial charge on any atom is 0.0755 e. The highest BCUT2D eigenvalue weighted by Crippen LogP contribution is 2.67. The van der Waals surface area contributed by atoms with Crippen LogP contribution in [0.5, 0.6) is 0 Å². The summed E-state index contributed by atoms with van der Waals surface area (Å²) < 4.78 is 4.94. The Labute approximate surface area is 503 Å². The van der Waals surface area contributed by atoms with Crippen LogP contribution in [-0.4, -0.2) is 9.13 Å². The van der Waals surface area contributed by atoms with Crippen molar-refractivity contribution in [2.75, 3.05) is 4.90 Å². The average Bonchev–Trinajstić information content (AvgIpc) is 1.55. The summed E-state index contributed by atoms with van der Waals surface area (Å²) in [6.45, 7) is 0. The maximum absolute atomic E-state index is 2.63. The SMILES string of the molecule is c1ccc(-n2c3ccccc3c3cc(-c4ccc(N(c5cccc6c5-c5ccccc5C65c6ccccc6-n6c7ccccc7c7cccc5c76)c5cc6c(c7ccccc57)-c5ccccc5C65c6ccccc6-c6ccccc65)cc4)ccc32)cc1. The summed E-state index contributed by atoms with van der Waals surface area (Å²) in [6.07, 6.45) is 0. The fraction of sp³-hybridized carbons (Fsp3) is 0.0238. The zero-order valence-electron chi connectivity index (χ0n) is 47.3. The molecule has 1 unspecified atom stereocenters. The van der Waals surface area contributed by atoms with Crippen LogP contribution in [0, 0.1) is 0 Å². The lowest BCUT2D eigenvalue weighted by atomic mass is 9.65. The second kappa shape index (κ2) is 17.2. The third kappa shape index (κ3) is 5.86. The Bertz CT molecular complexity index is 5620. The van der Waals surface area contributed by atoms with E-state index in [1.165, 1.54) is 144 Å². The van der Waals surface area contributed by atoms with Crippen LogP contribution in [0.15, 0.2) is 309 Å². The van der Waals surface area contributed by atoms with E-state index >= 15 is 0 Å². The first-order valence-corrected chi connectivity index (χ1v) is 30.4. The summed E-state index contributed by atoms with van der Waals surface area (Å²) >= 11 is 0. The number of hydrogen-bond acceptors (Lipinski definition) is 1. The van der Waals surface area contributed by atoms with Crippen molar-refractivity contribution >= 4 is 71.4 Å². The van der Waals surface area contributed by atoms with Gasteiger partial charge in [0.1, 0.15) is 0 Å². The Morgan fingerprint density at radius 3 is 1.45 bits per heavy atom. The van der Waals surface area contributed by atoms with Crippen molar-refractivity contribution < 1.29 is 0 Å². The van der Waals surface area contributed by atoms with E-state index in [4.69, 9.17) is 0 Å². The highest BCUT2D eigenvalue weighted by atomic mass is 15.1. The van der Waals surface area contributed by atoms with Crippen molar-refractivity contribution in [2.45, 2.75) is 10.8 Å². The van der Waals surface area contributed by atoms with Gasteiger partial charge in [-0.3, -0.25) is 0 Å². The Morgan fingerprint density at radius 1 is 0.253 bits per heavy atom. The Balaban J connectivity index is 0.874. The van der Waals surface area contributed by atoms with Crippen LogP contribution < -0.4 is 4.90 Å². The molecule has 87 heavy (non-hydrogen) atoms. The van der Waals surface area contributed by atoms with Gasteiger partial charge in [0, 0.05) is 43.9 Å². The summed E-state index contributed by atoms with van der Waals surface area (Å²) in [4.78, 5) is 2.63.